The summed E-state index contributed by atoms with van der Waals surface area (Å²) >= 11 is 0. The van der Waals surface area contributed by atoms with Crippen LogP contribution in [-0.4, -0.2) is 272 Å². The molecule has 6 atom stereocenters. The number of rotatable bonds is 47. The van der Waals surface area contributed by atoms with Crippen molar-refractivity contribution in [3.05, 3.63) is 29.8 Å². The first kappa shape index (κ1) is 89.4. The molecule has 1 fully saturated rings. The van der Waals surface area contributed by atoms with Gasteiger partial charge in [0.05, 0.1) is 37.4 Å². The third kappa shape index (κ3) is 33.4. The van der Waals surface area contributed by atoms with Crippen molar-refractivity contribution in [2.75, 3.05) is 85.1 Å². The smallest absolute Gasteiger partial charge is 0.326 e. The summed E-state index contributed by atoms with van der Waals surface area (Å²) in [5.41, 5.74) is 0.0713. The molecule has 2 rings (SSSR count). The van der Waals surface area contributed by atoms with Crippen LogP contribution in [0.15, 0.2) is 24.3 Å². The van der Waals surface area contributed by atoms with Crippen molar-refractivity contribution in [1.82, 2.24) is 40.9 Å². The van der Waals surface area contributed by atoms with Gasteiger partial charge in [0.25, 0.3) is 14.3 Å². The summed E-state index contributed by atoms with van der Waals surface area (Å²) in [6.45, 7) is 8.94. The number of carbonyl (C=O) groups excluding carboxylic acids is 7. The molecule has 0 radical (unpaired) electrons. The highest BCUT2D eigenvalue weighted by Gasteiger charge is 2.56. The number of hydrogen-bond acceptors (Lipinski definition) is 20. The molecule has 0 aliphatic carbocycles. The van der Waals surface area contributed by atoms with E-state index in [2.05, 4.69) is 21.3 Å². The maximum atomic E-state index is 17.2. The summed E-state index contributed by atoms with van der Waals surface area (Å²) in [7, 11) is -3.76. The lowest BCUT2D eigenvalue weighted by Crippen LogP contribution is -2.57. The van der Waals surface area contributed by atoms with E-state index >= 15 is 4.11 Å². The fourth-order valence-corrected chi connectivity index (χ4v) is 16.8. The minimum Gasteiger partial charge on any atom is -0.481 e. The number of nitrogens with zero attached hydrogens (tertiary/aromatic N) is 4. The van der Waals surface area contributed by atoms with Crippen LogP contribution in [0.1, 0.15) is 167 Å². The predicted molar refractivity (Wildman–Crippen MR) is 364 cm³/mol. The average Bonchev–Trinajstić information content (AvgIpc) is 0.748. The molecule has 0 bridgehead atoms. The summed E-state index contributed by atoms with van der Waals surface area (Å²) in [6.07, 6.45) is -4.80. The Labute approximate surface area is 591 Å². The Kier molecular flexibility index (Phi) is 38.5. The first-order valence-electron chi connectivity index (χ1n) is 34.0. The minimum absolute atomic E-state index is 0.0163. The second-order valence-electron chi connectivity index (χ2n) is 27.8. The van der Waals surface area contributed by atoms with Gasteiger partial charge in [0.15, 0.2) is 0 Å². The Bertz CT molecular complexity index is 3040. The number of benzene rings is 1. The first-order valence-corrected chi connectivity index (χ1v) is 35.8. The lowest BCUT2D eigenvalue weighted by Gasteiger charge is -2.44. The molecule has 33 nitrogen and oxygen atoms in total. The third-order valence-electron chi connectivity index (χ3n) is 17.7. The zero-order valence-electron chi connectivity index (χ0n) is 58.9. The molecule has 4 amide bonds. The Morgan fingerprint density at radius 2 is 0.882 bits per heavy atom. The Hall–Kier alpha value is -8.67. The fourth-order valence-electron chi connectivity index (χ4n) is 12.2. The van der Waals surface area contributed by atoms with Gasteiger partial charge in [0.1, 0.15) is 35.5 Å². The molecular formula is C67H103FN8O25Si. The lowest BCUT2D eigenvalue weighted by molar-refractivity contribution is -0.147. The van der Waals surface area contributed by atoms with E-state index in [9.17, 15) is 118 Å². The van der Waals surface area contributed by atoms with Gasteiger partial charge in [0.2, 0.25) is 17.7 Å². The van der Waals surface area contributed by atoms with E-state index < -0.39 is 214 Å². The van der Waals surface area contributed by atoms with Crippen LogP contribution < -0.4 is 26.5 Å². The Morgan fingerprint density at radius 1 is 0.431 bits per heavy atom. The second-order valence-corrected chi connectivity index (χ2v) is 32.7. The molecule has 1 aromatic carbocycles. The molecule has 1 saturated heterocycles. The van der Waals surface area contributed by atoms with Crippen LogP contribution in [0.25, 0.3) is 0 Å². The van der Waals surface area contributed by atoms with E-state index in [1.807, 2.05) is 41.5 Å². The molecule has 0 saturated carbocycles. The van der Waals surface area contributed by atoms with E-state index in [4.69, 9.17) is 5.11 Å². The first-order chi connectivity index (χ1) is 47.5. The monoisotopic (exact) mass is 1470 g/mol. The standard InChI is InChI=1S/C67H103FN8O25Si/c1-66(2,3)102(68,67(4,5)6)49-20-14-42(15-21-49)59(90)70-38-45(37-47(78)18-22-52(65(100)101)76-33-31-74(40-57(86)87)29-27-73(39-56(84)85)28-30-75(32-34-76)41-58(88)89)60(91)72-51(64(98)99)13-9-10-26-69-53(80)24-19-46(77)11-7-8-12-50(63(96)97)71-54(81)23-16-43(61(92)93)35-48(79)36-44(62(94)95)17-25-55(82)83/h14-15,20-21,43-45,50-52H,7-13,16-19,22-41H2,1-6H3,(H,69,80)(H,70,90)(H,71,81)(H,72,91)(H,82,83)(H,84,85)(H,86,87)(H,88,89)(H,92,93)(H,94,95)(H,96,97)(H,98,99)(H,100,101)/t43-,44-,45-,50+,51-,52-/m1/s1. The maximum Gasteiger partial charge on any atom is 0.326 e. The molecule has 0 aromatic heterocycles. The SMILES string of the molecule is CC(C)(C)[Si](F)(c1ccc(C(=O)NC[C@@H](CC(=O)CC[C@H](C(=O)O)N2CCN(CC(=O)O)CCN(CC(=O)O)CCN(CC(=O)O)CC2)C(=O)N[C@H](CCCCNC(=O)CCC(=O)CCCC[C@H](NC(=O)CC[C@H](CC(=O)C[C@@H](CCC(=O)O)C(=O)O)C(=O)O)C(=O)O)C(=O)O)cc1)C(C)(C)C. The van der Waals surface area contributed by atoms with Gasteiger partial charge in [0, 0.05) is 129 Å². The summed E-state index contributed by atoms with van der Waals surface area (Å²) < 4.78 is 17.2. The van der Waals surface area contributed by atoms with Crippen molar-refractivity contribution < 1.29 is 127 Å². The number of halogens is 1. The lowest BCUT2D eigenvalue weighted by atomic mass is 9.90. The van der Waals surface area contributed by atoms with Crippen molar-refractivity contribution in [3.8, 4) is 0 Å². The molecule has 1 aliphatic rings. The van der Waals surface area contributed by atoms with E-state index in [1.54, 1.807) is 0 Å². The Morgan fingerprint density at radius 3 is 1.32 bits per heavy atom. The van der Waals surface area contributed by atoms with E-state index in [-0.39, 0.29) is 141 Å². The number of hydrogen-bond donors (Lipinski definition) is 13. The van der Waals surface area contributed by atoms with Gasteiger partial charge in [-0.1, -0.05) is 60.1 Å². The Balaban J connectivity index is 2.15. The number of Topliss-reactive ketones (excluding diaryl/α,β-unsaturated/α-hetero) is 3. The number of amides is 4. The number of carbonyl (C=O) groups is 16. The molecular weight excluding hydrogens is 1360 g/mol. The summed E-state index contributed by atoms with van der Waals surface area (Å²) in [6, 6.07) is 1.51. The van der Waals surface area contributed by atoms with Crippen molar-refractivity contribution in [1.29, 1.82) is 0 Å². The van der Waals surface area contributed by atoms with E-state index in [0.717, 1.165) is 0 Å². The van der Waals surface area contributed by atoms with Crippen molar-refractivity contribution in [2.45, 2.75) is 185 Å². The van der Waals surface area contributed by atoms with Crippen LogP contribution in [0.3, 0.4) is 0 Å². The normalized spacial score (nSPS) is 15.8. The quantitative estimate of drug-likeness (QED) is 0.0253. The van der Waals surface area contributed by atoms with Crippen molar-refractivity contribution in [3.63, 3.8) is 0 Å². The highest BCUT2D eigenvalue weighted by atomic mass is 28.4. The van der Waals surface area contributed by atoms with Gasteiger partial charge < -0.3 is 71.3 Å². The number of carboxylic acids is 9. The molecule has 35 heteroatoms. The van der Waals surface area contributed by atoms with E-state index in [0.29, 0.717) is 5.19 Å². The molecule has 0 spiro atoms. The molecule has 102 heavy (non-hydrogen) atoms. The van der Waals surface area contributed by atoms with Gasteiger partial charge >= 0.3 is 53.7 Å². The van der Waals surface area contributed by atoms with Crippen molar-refractivity contribution in [2.24, 2.45) is 17.8 Å². The molecule has 13 N–H and O–H groups in total. The second kappa shape index (κ2) is 44.0. The summed E-state index contributed by atoms with van der Waals surface area (Å²) in [5, 5.41) is 96.1. The van der Waals surface area contributed by atoms with Gasteiger partial charge in [-0.3, -0.25) is 86.7 Å². The van der Waals surface area contributed by atoms with Crippen LogP contribution >= 0.6 is 0 Å². The number of carboxylic acid groups (broad SMARTS) is 9. The maximum absolute atomic E-state index is 17.2. The van der Waals surface area contributed by atoms with Gasteiger partial charge in [-0.2, -0.15) is 0 Å². The van der Waals surface area contributed by atoms with Gasteiger partial charge in [-0.15, -0.1) is 0 Å². The van der Waals surface area contributed by atoms with Crippen LogP contribution in [0, 0.1) is 17.8 Å². The predicted octanol–water partition coefficient (Wildman–Crippen LogP) is 2.15. The zero-order chi connectivity index (χ0) is 77.2. The molecule has 1 aliphatic heterocycles. The number of unbranched alkanes of at least 4 members (excludes halogenated alkanes) is 2. The zero-order valence-corrected chi connectivity index (χ0v) is 59.9. The highest BCUT2D eigenvalue weighted by Crippen LogP contribution is 2.51. The minimum atomic E-state index is -3.76. The van der Waals surface area contributed by atoms with Crippen molar-refractivity contribution >= 4 is 108 Å². The molecule has 572 valence electrons. The highest BCUT2D eigenvalue weighted by molar-refractivity contribution is 6.90. The van der Waals surface area contributed by atoms with Gasteiger partial charge in [-0.25, -0.2) is 9.59 Å². The molecule has 1 heterocycles. The topological polar surface area (TPSA) is 516 Å². The fraction of sp³-hybridized carbons (Fsp3) is 0.672. The summed E-state index contributed by atoms with van der Waals surface area (Å²) in [4.78, 5) is 206. The van der Waals surface area contributed by atoms with Gasteiger partial charge in [-0.05, 0) is 78.8 Å². The van der Waals surface area contributed by atoms with Crippen LogP contribution in [-0.2, 0) is 71.9 Å². The van der Waals surface area contributed by atoms with Crippen LogP contribution in [0.5, 0.6) is 0 Å². The molecule has 0 unspecified atom stereocenters. The van der Waals surface area contributed by atoms with E-state index in [1.165, 1.54) is 43.9 Å². The molecule has 1 aromatic rings. The largest absolute Gasteiger partial charge is 0.481 e. The van der Waals surface area contributed by atoms with Crippen LogP contribution in [0.4, 0.5) is 4.11 Å². The number of nitrogens with one attached hydrogen (secondary N) is 4. The average molecular weight is 1470 g/mol. The number of aliphatic carboxylic acids is 9. The third-order valence-corrected chi connectivity index (χ3v) is 23.0. The summed E-state index contributed by atoms with van der Waals surface area (Å²) in [5.74, 6) is -21.2. The number of ketones is 3. The van der Waals surface area contributed by atoms with Crippen LogP contribution in [0.2, 0.25) is 10.1 Å².